The highest BCUT2D eigenvalue weighted by Crippen LogP contribution is 2.50. The average molecular weight is 384 g/mol. The summed E-state index contributed by atoms with van der Waals surface area (Å²) in [6.07, 6.45) is -25.6. The third-order valence-electron chi connectivity index (χ3n) is 2.54. The maximum Gasteiger partial charge on any atom is 0.443 e. The van der Waals surface area contributed by atoms with E-state index in [9.17, 15) is 52.7 Å². The second-order valence-corrected chi connectivity index (χ2v) is 4.37. The van der Waals surface area contributed by atoms with Gasteiger partial charge in [0.15, 0.2) is 5.90 Å². The Hall–Kier alpha value is -1.70. The van der Waals surface area contributed by atoms with Crippen molar-refractivity contribution in [2.45, 2.75) is 37.3 Å². The van der Waals surface area contributed by atoms with Crippen molar-refractivity contribution in [1.29, 1.82) is 0 Å². The summed E-state index contributed by atoms with van der Waals surface area (Å²) in [5.41, 5.74) is -5.54. The third kappa shape index (κ3) is 3.53. The third-order valence-corrected chi connectivity index (χ3v) is 2.54. The van der Waals surface area contributed by atoms with Gasteiger partial charge in [-0.05, 0) is 0 Å². The van der Waals surface area contributed by atoms with Gasteiger partial charge in [-0.1, -0.05) is 0 Å². The first-order valence-electron chi connectivity index (χ1n) is 5.44. The van der Waals surface area contributed by atoms with Crippen molar-refractivity contribution in [2.24, 2.45) is 15.9 Å². The summed E-state index contributed by atoms with van der Waals surface area (Å²) in [7, 11) is 0. The molecule has 1 heterocycles. The number of alkyl halides is 12. The van der Waals surface area contributed by atoms with E-state index in [2.05, 4.69) is 4.74 Å². The number of hydrogen-bond donors (Lipinski definition) is 0. The second kappa shape index (κ2) is 5.40. The van der Waals surface area contributed by atoms with Crippen molar-refractivity contribution in [3.63, 3.8) is 0 Å². The Labute approximate surface area is 124 Å². The van der Waals surface area contributed by atoms with Crippen LogP contribution < -0.4 is 0 Å². The van der Waals surface area contributed by atoms with Crippen LogP contribution in [0, 0.1) is 5.92 Å². The standard InChI is InChI=1S/C9H4F12N2O/c1-2-22-7(8(16,17)18,9(19,20)21)23-4(24-2)3(5(10,11)12)6(13,14)15/h3H,1H3. The van der Waals surface area contributed by atoms with Crippen LogP contribution in [0.4, 0.5) is 52.7 Å². The molecule has 1 aliphatic heterocycles. The predicted molar refractivity (Wildman–Crippen MR) is 52.1 cm³/mol. The molecule has 0 aromatic heterocycles. The van der Waals surface area contributed by atoms with Gasteiger partial charge in [-0.15, -0.1) is 0 Å². The molecule has 15 heteroatoms. The smallest absolute Gasteiger partial charge is 0.428 e. The van der Waals surface area contributed by atoms with Crippen molar-refractivity contribution in [3.05, 3.63) is 0 Å². The molecule has 1 aliphatic rings. The van der Waals surface area contributed by atoms with Crippen molar-refractivity contribution < 1.29 is 57.4 Å². The molecule has 3 nitrogen and oxygen atoms in total. The zero-order valence-electron chi connectivity index (χ0n) is 10.9. The Morgan fingerprint density at radius 3 is 1.42 bits per heavy atom. The van der Waals surface area contributed by atoms with E-state index in [1.54, 1.807) is 4.99 Å². The van der Waals surface area contributed by atoms with Crippen LogP contribution in [-0.2, 0) is 4.74 Å². The summed E-state index contributed by atoms with van der Waals surface area (Å²) in [5.74, 6) is -9.36. The van der Waals surface area contributed by atoms with Crippen LogP contribution in [0.1, 0.15) is 6.92 Å². The maximum atomic E-state index is 12.7. The van der Waals surface area contributed by atoms with Crippen LogP contribution in [0.5, 0.6) is 0 Å². The van der Waals surface area contributed by atoms with Gasteiger partial charge >= 0.3 is 30.4 Å². The monoisotopic (exact) mass is 384 g/mol. The molecule has 0 unspecified atom stereocenters. The van der Waals surface area contributed by atoms with Crippen LogP contribution in [0.3, 0.4) is 0 Å². The van der Waals surface area contributed by atoms with Crippen LogP contribution in [0.15, 0.2) is 9.98 Å². The highest BCUT2D eigenvalue weighted by Gasteiger charge is 2.75. The first-order chi connectivity index (χ1) is 10.3. The van der Waals surface area contributed by atoms with E-state index in [0.29, 0.717) is 0 Å². The molecule has 0 fully saturated rings. The summed E-state index contributed by atoms with van der Waals surface area (Å²) >= 11 is 0. The Balaban J connectivity index is 3.70. The van der Waals surface area contributed by atoms with Gasteiger partial charge in [0.25, 0.3) is 0 Å². The number of ether oxygens (including phenoxy) is 1. The number of halogens is 12. The number of hydrogen-bond acceptors (Lipinski definition) is 3. The van der Waals surface area contributed by atoms with E-state index in [1.807, 2.05) is 4.99 Å². The minimum Gasteiger partial charge on any atom is -0.428 e. The Bertz CT molecular complexity index is 521. The highest BCUT2D eigenvalue weighted by molar-refractivity contribution is 5.94. The fourth-order valence-electron chi connectivity index (χ4n) is 1.61. The van der Waals surface area contributed by atoms with Gasteiger partial charge in [0.2, 0.25) is 11.8 Å². The van der Waals surface area contributed by atoms with Gasteiger partial charge < -0.3 is 4.74 Å². The molecule has 0 radical (unpaired) electrons. The van der Waals surface area contributed by atoms with E-state index in [0.717, 1.165) is 0 Å². The van der Waals surface area contributed by atoms with Crippen LogP contribution in [-0.4, -0.2) is 42.2 Å². The normalized spacial score (nSPS) is 19.8. The molecule has 0 aromatic carbocycles. The molecule has 140 valence electrons. The molecule has 0 atom stereocenters. The number of rotatable bonds is 1. The predicted octanol–water partition coefficient (Wildman–Crippen LogP) is 4.40. The molecular weight excluding hydrogens is 380 g/mol. The average Bonchev–Trinajstić information content (AvgIpc) is 2.20. The zero-order valence-corrected chi connectivity index (χ0v) is 10.9. The Morgan fingerprint density at radius 2 is 1.12 bits per heavy atom. The minimum atomic E-state index is -6.47. The fourth-order valence-corrected chi connectivity index (χ4v) is 1.61. The van der Waals surface area contributed by atoms with Crippen molar-refractivity contribution in [3.8, 4) is 0 Å². The lowest BCUT2D eigenvalue weighted by Gasteiger charge is -2.35. The van der Waals surface area contributed by atoms with E-state index in [-0.39, 0.29) is 6.92 Å². The minimum absolute atomic E-state index is 0.227. The summed E-state index contributed by atoms with van der Waals surface area (Å²) in [6.45, 7) is 0.227. The van der Waals surface area contributed by atoms with Crippen LogP contribution in [0.2, 0.25) is 0 Å². The summed E-state index contributed by atoms with van der Waals surface area (Å²) in [6, 6.07) is 0. The molecule has 0 saturated heterocycles. The van der Waals surface area contributed by atoms with Gasteiger partial charge in [-0.25, -0.2) is 9.98 Å². The number of aliphatic imine (C=N–C) groups is 2. The van der Waals surface area contributed by atoms with Gasteiger partial charge in [-0.2, -0.15) is 52.7 Å². The Kier molecular flexibility index (Phi) is 4.58. The quantitative estimate of drug-likeness (QED) is 0.618. The number of nitrogens with zero attached hydrogens (tertiary/aromatic N) is 2. The molecule has 0 bridgehead atoms. The maximum absolute atomic E-state index is 12.7. The van der Waals surface area contributed by atoms with E-state index in [4.69, 9.17) is 0 Å². The summed E-state index contributed by atoms with van der Waals surface area (Å²) in [4.78, 5) is 3.53. The molecule has 0 aliphatic carbocycles. The van der Waals surface area contributed by atoms with Gasteiger partial charge in [0.05, 0.1) is 0 Å². The van der Waals surface area contributed by atoms with Crippen molar-refractivity contribution in [2.75, 3.05) is 0 Å². The van der Waals surface area contributed by atoms with Crippen molar-refractivity contribution >= 4 is 11.8 Å². The molecule has 24 heavy (non-hydrogen) atoms. The molecule has 0 spiro atoms. The SMILES string of the molecule is CC1=NC(C(F)(F)F)(C(F)(F)F)N=C(C(C(F)(F)F)C(F)(F)F)O1. The molecular formula is C9H4F12N2O. The van der Waals surface area contributed by atoms with Crippen LogP contribution in [0.25, 0.3) is 0 Å². The van der Waals surface area contributed by atoms with E-state index >= 15 is 0 Å². The first-order valence-corrected chi connectivity index (χ1v) is 5.44. The topological polar surface area (TPSA) is 34.0 Å². The summed E-state index contributed by atoms with van der Waals surface area (Å²) < 4.78 is 155. The first kappa shape index (κ1) is 20.3. The van der Waals surface area contributed by atoms with Gasteiger partial charge in [0, 0.05) is 6.92 Å². The Morgan fingerprint density at radius 1 is 0.750 bits per heavy atom. The zero-order chi connectivity index (χ0) is 19.4. The second-order valence-electron chi connectivity index (χ2n) is 4.37. The fraction of sp³-hybridized carbons (Fsp3) is 0.778. The molecule has 1 rings (SSSR count). The lowest BCUT2D eigenvalue weighted by atomic mass is 10.1. The molecule has 0 amide bonds. The highest BCUT2D eigenvalue weighted by atomic mass is 19.4. The summed E-state index contributed by atoms with van der Waals surface area (Å²) in [5, 5.41) is 0. The lowest BCUT2D eigenvalue weighted by molar-refractivity contribution is -0.296. The molecule has 0 aromatic rings. The van der Waals surface area contributed by atoms with Crippen molar-refractivity contribution in [1.82, 2.24) is 0 Å². The molecule has 0 N–H and O–H groups in total. The van der Waals surface area contributed by atoms with Gasteiger partial charge in [0.1, 0.15) is 0 Å². The molecule has 0 saturated carbocycles. The van der Waals surface area contributed by atoms with E-state index < -0.39 is 48.1 Å². The van der Waals surface area contributed by atoms with E-state index in [1.165, 1.54) is 0 Å². The lowest BCUT2D eigenvalue weighted by Crippen LogP contribution is -2.58. The van der Waals surface area contributed by atoms with Gasteiger partial charge in [-0.3, -0.25) is 0 Å². The largest absolute Gasteiger partial charge is 0.443 e. The van der Waals surface area contributed by atoms with Crippen LogP contribution >= 0.6 is 0 Å².